The van der Waals surface area contributed by atoms with Gasteiger partial charge in [0.25, 0.3) is 0 Å². The molecule has 0 unspecified atom stereocenters. The lowest BCUT2D eigenvalue weighted by Gasteiger charge is -2.33. The summed E-state index contributed by atoms with van der Waals surface area (Å²) in [5.74, 6) is 0.151. The van der Waals surface area contributed by atoms with Gasteiger partial charge in [0.1, 0.15) is 11.0 Å². The van der Waals surface area contributed by atoms with Crippen molar-refractivity contribution in [2.75, 3.05) is 25.1 Å². The number of hydrogen-bond acceptors (Lipinski definition) is 3. The molecule has 1 aromatic heterocycles. The zero-order chi connectivity index (χ0) is 14.8. The molecule has 1 N–H and O–H groups in total. The van der Waals surface area contributed by atoms with E-state index in [0.29, 0.717) is 19.8 Å². The van der Waals surface area contributed by atoms with E-state index in [4.69, 9.17) is 16.3 Å². The maximum atomic E-state index is 12.7. The van der Waals surface area contributed by atoms with E-state index >= 15 is 0 Å². The van der Waals surface area contributed by atoms with Gasteiger partial charge in [0.15, 0.2) is 0 Å². The number of anilines is 1. The van der Waals surface area contributed by atoms with E-state index in [-0.39, 0.29) is 16.4 Å². The lowest BCUT2D eigenvalue weighted by molar-refractivity contribution is -0.137. The highest BCUT2D eigenvalue weighted by atomic mass is 35.5. The summed E-state index contributed by atoms with van der Waals surface area (Å²) >= 11 is 5.64. The molecule has 0 radical (unpaired) electrons. The van der Waals surface area contributed by atoms with Crippen LogP contribution in [0.2, 0.25) is 5.15 Å². The molecule has 112 valence electrons. The summed E-state index contributed by atoms with van der Waals surface area (Å²) in [5, 5.41) is 2.79. The molecule has 7 heteroatoms. The van der Waals surface area contributed by atoms with Crippen molar-refractivity contribution in [2.24, 2.45) is 5.41 Å². The van der Waals surface area contributed by atoms with Gasteiger partial charge in [0.05, 0.1) is 5.56 Å². The fourth-order valence-electron chi connectivity index (χ4n) is 2.10. The highest BCUT2D eigenvalue weighted by molar-refractivity contribution is 6.29. The van der Waals surface area contributed by atoms with Crippen molar-refractivity contribution in [3.05, 3.63) is 22.8 Å². The third kappa shape index (κ3) is 3.99. The lowest BCUT2D eigenvalue weighted by Crippen LogP contribution is -2.33. The normalized spacial score (nSPS) is 18.9. The molecule has 1 fully saturated rings. The van der Waals surface area contributed by atoms with Crippen molar-refractivity contribution >= 4 is 17.4 Å². The molecule has 0 aromatic carbocycles. The van der Waals surface area contributed by atoms with Crippen LogP contribution in [-0.4, -0.2) is 24.7 Å². The van der Waals surface area contributed by atoms with Gasteiger partial charge >= 0.3 is 6.18 Å². The van der Waals surface area contributed by atoms with Crippen LogP contribution < -0.4 is 5.32 Å². The second kappa shape index (κ2) is 5.77. The molecule has 2 rings (SSSR count). The average Bonchev–Trinajstić information content (AvgIpc) is 2.36. The maximum Gasteiger partial charge on any atom is 0.416 e. The first-order valence-corrected chi connectivity index (χ1v) is 6.73. The van der Waals surface area contributed by atoms with Crippen molar-refractivity contribution in [1.29, 1.82) is 0 Å². The molecular weight excluding hydrogens is 293 g/mol. The van der Waals surface area contributed by atoms with E-state index in [9.17, 15) is 13.2 Å². The Kier molecular flexibility index (Phi) is 4.44. The van der Waals surface area contributed by atoms with Crippen molar-refractivity contribution in [3.63, 3.8) is 0 Å². The van der Waals surface area contributed by atoms with Gasteiger partial charge in [-0.3, -0.25) is 0 Å². The van der Waals surface area contributed by atoms with Crippen molar-refractivity contribution < 1.29 is 17.9 Å². The molecule has 3 nitrogen and oxygen atoms in total. The predicted molar refractivity (Wildman–Crippen MR) is 70.9 cm³/mol. The molecule has 1 aliphatic heterocycles. The standard InChI is InChI=1S/C13H16ClF3N2O/c1-12(2-4-20-5-3-12)8-18-11-7-9(13(15,16)17)6-10(14)19-11/h6-7H,2-5,8H2,1H3,(H,18,19). The molecule has 20 heavy (non-hydrogen) atoms. The van der Waals surface area contributed by atoms with Gasteiger partial charge < -0.3 is 10.1 Å². The third-order valence-corrected chi connectivity index (χ3v) is 3.71. The Balaban J connectivity index is 2.07. The summed E-state index contributed by atoms with van der Waals surface area (Å²) in [7, 11) is 0. The zero-order valence-corrected chi connectivity index (χ0v) is 11.8. The smallest absolute Gasteiger partial charge is 0.381 e. The summed E-state index contributed by atoms with van der Waals surface area (Å²) in [4.78, 5) is 3.89. The molecule has 0 spiro atoms. The summed E-state index contributed by atoms with van der Waals surface area (Å²) < 4.78 is 43.3. The van der Waals surface area contributed by atoms with Crippen molar-refractivity contribution in [2.45, 2.75) is 25.9 Å². The van der Waals surface area contributed by atoms with E-state index in [2.05, 4.69) is 17.2 Å². The van der Waals surface area contributed by atoms with Crippen LogP contribution in [-0.2, 0) is 10.9 Å². The zero-order valence-electron chi connectivity index (χ0n) is 11.1. The SMILES string of the molecule is CC1(CNc2cc(C(F)(F)F)cc(Cl)n2)CCOCC1. The Hall–Kier alpha value is -1.01. The van der Waals surface area contributed by atoms with Crippen LogP contribution in [0.15, 0.2) is 12.1 Å². The Morgan fingerprint density at radius 1 is 1.35 bits per heavy atom. The van der Waals surface area contributed by atoms with Crippen LogP contribution in [0, 0.1) is 5.41 Å². The van der Waals surface area contributed by atoms with E-state index in [1.165, 1.54) is 0 Å². The number of nitrogens with one attached hydrogen (secondary N) is 1. The molecule has 0 bridgehead atoms. The molecular formula is C13H16ClF3N2O. The minimum Gasteiger partial charge on any atom is -0.381 e. The highest BCUT2D eigenvalue weighted by Gasteiger charge is 2.32. The van der Waals surface area contributed by atoms with E-state index in [1.54, 1.807) is 0 Å². The summed E-state index contributed by atoms with van der Waals surface area (Å²) in [6, 6.07) is 1.80. The number of alkyl halides is 3. The molecule has 1 aliphatic rings. The Morgan fingerprint density at radius 3 is 2.60 bits per heavy atom. The first kappa shape index (κ1) is 15.4. The lowest BCUT2D eigenvalue weighted by atomic mass is 9.82. The Morgan fingerprint density at radius 2 is 2.00 bits per heavy atom. The third-order valence-electron chi connectivity index (χ3n) is 3.52. The van der Waals surface area contributed by atoms with Gasteiger partial charge in [0, 0.05) is 19.8 Å². The predicted octanol–water partition coefficient (Wildman–Crippen LogP) is 3.98. The number of ether oxygens (including phenoxy) is 1. The molecule has 1 aromatic rings. The number of nitrogens with zero attached hydrogens (tertiary/aromatic N) is 1. The molecule has 2 heterocycles. The Labute approximate surface area is 120 Å². The van der Waals surface area contributed by atoms with Crippen molar-refractivity contribution in [1.82, 2.24) is 4.98 Å². The van der Waals surface area contributed by atoms with Gasteiger partial charge in [-0.2, -0.15) is 13.2 Å². The monoisotopic (exact) mass is 308 g/mol. The number of aromatic nitrogens is 1. The minimum absolute atomic E-state index is 0.000638. The molecule has 0 aliphatic carbocycles. The highest BCUT2D eigenvalue weighted by Crippen LogP contribution is 2.33. The molecule has 0 amide bonds. The summed E-state index contributed by atoms with van der Waals surface area (Å²) in [6.07, 6.45) is -2.69. The largest absolute Gasteiger partial charge is 0.416 e. The summed E-state index contributed by atoms with van der Waals surface area (Å²) in [6.45, 7) is 3.97. The topological polar surface area (TPSA) is 34.2 Å². The van der Waals surface area contributed by atoms with Crippen LogP contribution in [0.25, 0.3) is 0 Å². The fraction of sp³-hybridized carbons (Fsp3) is 0.615. The van der Waals surface area contributed by atoms with E-state index < -0.39 is 11.7 Å². The quantitative estimate of drug-likeness (QED) is 0.858. The van der Waals surface area contributed by atoms with Gasteiger partial charge in [-0.05, 0) is 30.4 Å². The van der Waals surface area contributed by atoms with Crippen LogP contribution in [0.1, 0.15) is 25.3 Å². The number of halogens is 4. The number of rotatable bonds is 3. The van der Waals surface area contributed by atoms with Crippen LogP contribution in [0.3, 0.4) is 0 Å². The van der Waals surface area contributed by atoms with Gasteiger partial charge in [0.2, 0.25) is 0 Å². The van der Waals surface area contributed by atoms with Crippen LogP contribution >= 0.6 is 11.6 Å². The second-order valence-corrected chi connectivity index (χ2v) is 5.73. The number of hydrogen-bond donors (Lipinski definition) is 1. The summed E-state index contributed by atoms with van der Waals surface area (Å²) in [5.41, 5.74) is -0.794. The van der Waals surface area contributed by atoms with Gasteiger partial charge in [-0.25, -0.2) is 4.98 Å². The van der Waals surface area contributed by atoms with Crippen molar-refractivity contribution in [3.8, 4) is 0 Å². The first-order chi connectivity index (χ1) is 9.28. The minimum atomic E-state index is -4.43. The average molecular weight is 309 g/mol. The molecule has 0 atom stereocenters. The fourth-order valence-corrected chi connectivity index (χ4v) is 2.30. The van der Waals surface area contributed by atoms with Crippen LogP contribution in [0.4, 0.5) is 19.0 Å². The molecule has 1 saturated heterocycles. The maximum absolute atomic E-state index is 12.7. The second-order valence-electron chi connectivity index (χ2n) is 5.34. The molecule has 0 saturated carbocycles. The van der Waals surface area contributed by atoms with Gasteiger partial charge in [-0.15, -0.1) is 0 Å². The van der Waals surface area contributed by atoms with E-state index in [1.807, 2.05) is 0 Å². The van der Waals surface area contributed by atoms with Crippen LogP contribution in [0.5, 0.6) is 0 Å². The number of pyridine rings is 1. The van der Waals surface area contributed by atoms with Gasteiger partial charge in [-0.1, -0.05) is 18.5 Å². The van der Waals surface area contributed by atoms with E-state index in [0.717, 1.165) is 25.0 Å². The Bertz CT molecular complexity index is 473. The first-order valence-electron chi connectivity index (χ1n) is 6.35.